The molecule has 18 heavy (non-hydrogen) atoms. The Labute approximate surface area is 110 Å². The van der Waals surface area contributed by atoms with Gasteiger partial charge in [-0.15, -0.1) is 0 Å². The largest absolute Gasteiger partial charge is 0.392 e. The second-order valence-corrected chi connectivity index (χ2v) is 5.47. The van der Waals surface area contributed by atoms with Gasteiger partial charge >= 0.3 is 0 Å². The summed E-state index contributed by atoms with van der Waals surface area (Å²) in [4.78, 5) is 4.08. The minimum atomic E-state index is -0.199. The molecule has 2 rings (SSSR count). The molecule has 0 saturated heterocycles. The lowest BCUT2D eigenvalue weighted by Gasteiger charge is -2.16. The van der Waals surface area contributed by atoms with Gasteiger partial charge in [-0.05, 0) is 36.5 Å². The highest BCUT2D eigenvalue weighted by Crippen LogP contribution is 2.28. The van der Waals surface area contributed by atoms with Crippen molar-refractivity contribution in [3.05, 3.63) is 29.6 Å². The highest BCUT2D eigenvalue weighted by atomic mass is 16.3. The van der Waals surface area contributed by atoms with Crippen LogP contribution in [0.4, 0.5) is 0 Å². The van der Waals surface area contributed by atoms with Crippen LogP contribution < -0.4 is 5.32 Å². The van der Waals surface area contributed by atoms with Gasteiger partial charge in [-0.2, -0.15) is 0 Å². The van der Waals surface area contributed by atoms with Crippen LogP contribution in [0.3, 0.4) is 0 Å². The maximum atomic E-state index is 9.98. The predicted molar refractivity (Wildman–Crippen MR) is 73.3 cm³/mol. The summed E-state index contributed by atoms with van der Waals surface area (Å²) in [7, 11) is 0. The monoisotopic (exact) mass is 248 g/mol. The molecule has 1 aromatic heterocycles. The summed E-state index contributed by atoms with van der Waals surface area (Å²) < 4.78 is 0. The third-order valence-electron chi connectivity index (χ3n) is 3.91. The molecule has 1 atom stereocenters. The Kier molecular flexibility index (Phi) is 5.14. The van der Waals surface area contributed by atoms with Gasteiger partial charge < -0.3 is 10.4 Å². The van der Waals surface area contributed by atoms with Crippen molar-refractivity contribution in [3.63, 3.8) is 0 Å². The molecular weight excluding hydrogens is 224 g/mol. The fourth-order valence-electron chi connectivity index (χ4n) is 2.79. The average Bonchev–Trinajstić information content (AvgIpc) is 2.84. The molecule has 1 unspecified atom stereocenters. The molecular formula is C15H24N2O. The molecule has 0 spiro atoms. The SMILES string of the molecule is Cc1cnccc1CNCC(O)CC1CCCC1. The standard InChI is InChI=1S/C15H24N2O/c1-12-9-16-7-6-14(12)10-17-11-15(18)8-13-4-2-3-5-13/h6-7,9,13,15,17-18H,2-5,8,10-11H2,1H3. The van der Waals surface area contributed by atoms with Crippen molar-refractivity contribution in [1.29, 1.82) is 0 Å². The molecule has 2 N–H and O–H groups in total. The van der Waals surface area contributed by atoms with Crippen molar-refractivity contribution >= 4 is 0 Å². The quantitative estimate of drug-likeness (QED) is 0.812. The summed E-state index contributed by atoms with van der Waals surface area (Å²) in [5.74, 6) is 0.754. The van der Waals surface area contributed by atoms with Gasteiger partial charge in [0.2, 0.25) is 0 Å². The molecule has 0 amide bonds. The van der Waals surface area contributed by atoms with Crippen molar-refractivity contribution in [3.8, 4) is 0 Å². The van der Waals surface area contributed by atoms with Gasteiger partial charge in [0.1, 0.15) is 0 Å². The van der Waals surface area contributed by atoms with Crippen molar-refractivity contribution in [2.24, 2.45) is 5.92 Å². The zero-order chi connectivity index (χ0) is 12.8. The Balaban J connectivity index is 1.67. The Morgan fingerprint density at radius 2 is 2.22 bits per heavy atom. The van der Waals surface area contributed by atoms with Gasteiger partial charge in [0.05, 0.1) is 6.10 Å². The van der Waals surface area contributed by atoms with E-state index in [0.29, 0.717) is 6.54 Å². The van der Waals surface area contributed by atoms with Gasteiger partial charge in [0, 0.05) is 25.5 Å². The molecule has 1 aliphatic rings. The first-order valence-electron chi connectivity index (χ1n) is 7.04. The maximum absolute atomic E-state index is 9.98. The summed E-state index contributed by atoms with van der Waals surface area (Å²) >= 11 is 0. The van der Waals surface area contributed by atoms with Gasteiger partial charge in [-0.1, -0.05) is 25.7 Å². The number of aliphatic hydroxyl groups excluding tert-OH is 1. The smallest absolute Gasteiger partial charge is 0.0667 e. The highest BCUT2D eigenvalue weighted by Gasteiger charge is 2.18. The van der Waals surface area contributed by atoms with E-state index in [4.69, 9.17) is 0 Å². The van der Waals surface area contributed by atoms with Crippen LogP contribution in [0, 0.1) is 12.8 Å². The first kappa shape index (κ1) is 13.5. The van der Waals surface area contributed by atoms with Crippen LogP contribution >= 0.6 is 0 Å². The van der Waals surface area contributed by atoms with Gasteiger partial charge in [0.25, 0.3) is 0 Å². The van der Waals surface area contributed by atoms with Crippen LogP contribution in [-0.4, -0.2) is 22.7 Å². The number of hydrogen-bond donors (Lipinski definition) is 2. The van der Waals surface area contributed by atoms with E-state index in [-0.39, 0.29) is 6.10 Å². The Bertz CT molecular complexity index is 361. The topological polar surface area (TPSA) is 45.2 Å². The Morgan fingerprint density at radius 3 is 2.94 bits per heavy atom. The van der Waals surface area contributed by atoms with Crippen LogP contribution in [0.25, 0.3) is 0 Å². The average molecular weight is 248 g/mol. The number of nitrogens with zero attached hydrogens (tertiary/aromatic N) is 1. The van der Waals surface area contributed by atoms with Crippen molar-refractivity contribution in [2.45, 2.75) is 51.7 Å². The fourth-order valence-corrected chi connectivity index (χ4v) is 2.79. The van der Waals surface area contributed by atoms with Crippen molar-refractivity contribution in [1.82, 2.24) is 10.3 Å². The summed E-state index contributed by atoms with van der Waals surface area (Å²) in [5, 5.41) is 13.3. The van der Waals surface area contributed by atoms with E-state index in [9.17, 15) is 5.11 Å². The van der Waals surface area contributed by atoms with Crippen LogP contribution in [0.5, 0.6) is 0 Å². The van der Waals surface area contributed by atoms with Gasteiger partial charge in [-0.25, -0.2) is 0 Å². The van der Waals surface area contributed by atoms with Crippen LogP contribution in [0.1, 0.15) is 43.2 Å². The number of aromatic nitrogens is 1. The molecule has 1 aliphatic carbocycles. The molecule has 1 heterocycles. The van der Waals surface area contributed by atoms with E-state index >= 15 is 0 Å². The van der Waals surface area contributed by atoms with E-state index in [2.05, 4.69) is 17.2 Å². The lowest BCUT2D eigenvalue weighted by Crippen LogP contribution is -2.28. The predicted octanol–water partition coefficient (Wildman–Crippen LogP) is 2.42. The molecule has 0 radical (unpaired) electrons. The number of aryl methyl sites for hydroxylation is 1. The highest BCUT2D eigenvalue weighted by molar-refractivity contribution is 5.21. The zero-order valence-corrected chi connectivity index (χ0v) is 11.2. The first-order chi connectivity index (χ1) is 8.75. The van der Waals surface area contributed by atoms with E-state index in [1.807, 2.05) is 18.5 Å². The molecule has 3 nitrogen and oxygen atoms in total. The lowest BCUT2D eigenvalue weighted by atomic mass is 10.00. The van der Waals surface area contributed by atoms with E-state index < -0.39 is 0 Å². The summed E-state index contributed by atoms with van der Waals surface area (Å²) in [6.45, 7) is 3.58. The third kappa shape index (κ3) is 4.07. The van der Waals surface area contributed by atoms with Gasteiger partial charge in [0.15, 0.2) is 0 Å². The summed E-state index contributed by atoms with van der Waals surface area (Å²) in [6.07, 6.45) is 9.77. The van der Waals surface area contributed by atoms with Crippen molar-refractivity contribution in [2.75, 3.05) is 6.54 Å². The number of rotatable bonds is 6. The number of pyridine rings is 1. The summed E-state index contributed by atoms with van der Waals surface area (Å²) in [5.41, 5.74) is 2.47. The normalized spacial score (nSPS) is 18.1. The number of hydrogen-bond acceptors (Lipinski definition) is 3. The van der Waals surface area contributed by atoms with Crippen LogP contribution in [-0.2, 0) is 6.54 Å². The molecule has 0 aromatic carbocycles. The zero-order valence-electron chi connectivity index (χ0n) is 11.2. The third-order valence-corrected chi connectivity index (χ3v) is 3.91. The van der Waals surface area contributed by atoms with E-state index in [1.54, 1.807) is 0 Å². The molecule has 1 saturated carbocycles. The molecule has 1 aromatic rings. The van der Waals surface area contributed by atoms with Gasteiger partial charge in [-0.3, -0.25) is 4.98 Å². The van der Waals surface area contributed by atoms with Crippen molar-refractivity contribution < 1.29 is 5.11 Å². The molecule has 1 fully saturated rings. The number of aliphatic hydroxyl groups is 1. The summed E-state index contributed by atoms with van der Waals surface area (Å²) in [6, 6.07) is 2.03. The Hall–Kier alpha value is -0.930. The second-order valence-electron chi connectivity index (χ2n) is 5.47. The minimum Gasteiger partial charge on any atom is -0.392 e. The second kappa shape index (κ2) is 6.86. The van der Waals surface area contributed by atoms with E-state index in [0.717, 1.165) is 18.9 Å². The van der Waals surface area contributed by atoms with E-state index in [1.165, 1.54) is 36.8 Å². The Morgan fingerprint density at radius 1 is 1.44 bits per heavy atom. The molecule has 0 bridgehead atoms. The molecule has 3 heteroatoms. The fraction of sp³-hybridized carbons (Fsp3) is 0.667. The minimum absolute atomic E-state index is 0.199. The van der Waals surface area contributed by atoms with Crippen LogP contribution in [0.2, 0.25) is 0 Å². The first-order valence-corrected chi connectivity index (χ1v) is 7.04. The molecule has 100 valence electrons. The lowest BCUT2D eigenvalue weighted by molar-refractivity contribution is 0.140. The maximum Gasteiger partial charge on any atom is 0.0667 e. The number of nitrogens with one attached hydrogen (secondary N) is 1. The molecule has 0 aliphatic heterocycles. The van der Waals surface area contributed by atoms with Crippen LogP contribution in [0.15, 0.2) is 18.5 Å².